The lowest BCUT2D eigenvalue weighted by atomic mass is 9.85. The van der Waals surface area contributed by atoms with Gasteiger partial charge in [-0.3, -0.25) is 0 Å². The van der Waals surface area contributed by atoms with Crippen molar-refractivity contribution >= 4 is 11.9 Å². The summed E-state index contributed by atoms with van der Waals surface area (Å²) in [7, 11) is 0. The van der Waals surface area contributed by atoms with Crippen LogP contribution in [0.4, 0.5) is 5.82 Å². The Balaban J connectivity index is 2.05. The van der Waals surface area contributed by atoms with Gasteiger partial charge in [0.1, 0.15) is 5.82 Å². The number of nitrogen functional groups attached to an aromatic ring is 1. The second-order valence-corrected chi connectivity index (χ2v) is 5.31. The Morgan fingerprint density at radius 1 is 1.10 bits per heavy atom. The van der Waals surface area contributed by atoms with Crippen LogP contribution in [0.15, 0.2) is 24.3 Å². The number of aryl methyl sites for hydroxylation is 2. The quantitative estimate of drug-likeness (QED) is 0.817. The van der Waals surface area contributed by atoms with Gasteiger partial charge in [0.25, 0.3) is 0 Å². The highest BCUT2D eigenvalue weighted by Gasteiger charge is 2.32. The molecule has 5 nitrogen and oxygen atoms in total. The molecule has 1 atom stereocenters. The van der Waals surface area contributed by atoms with E-state index >= 15 is 0 Å². The third kappa shape index (κ3) is 2.16. The summed E-state index contributed by atoms with van der Waals surface area (Å²) in [4.78, 5) is 13.3. The van der Waals surface area contributed by atoms with E-state index in [1.165, 1.54) is 0 Å². The van der Waals surface area contributed by atoms with Crippen LogP contribution in [-0.4, -0.2) is 15.0 Å². The van der Waals surface area contributed by atoms with Crippen LogP contribution in [0.2, 0.25) is 0 Å². The van der Waals surface area contributed by atoms with Crippen molar-refractivity contribution in [1.82, 2.24) is 15.0 Å². The Morgan fingerprint density at radius 2 is 1.80 bits per heavy atom. The number of anilines is 1. The van der Waals surface area contributed by atoms with Gasteiger partial charge in [-0.1, -0.05) is 12.1 Å². The highest BCUT2D eigenvalue weighted by molar-refractivity contribution is 5.58. The number of fused-ring (bicyclic) bond motifs is 1. The Labute approximate surface area is 117 Å². The number of hydrogen-bond acceptors (Lipinski definition) is 5. The molecule has 20 heavy (non-hydrogen) atoms. The van der Waals surface area contributed by atoms with Crippen LogP contribution in [0, 0.1) is 13.8 Å². The monoisotopic (exact) mass is 267 g/mol. The maximum Gasteiger partial charge on any atom is 0.152 e. The number of rotatable bonds is 1. The van der Waals surface area contributed by atoms with E-state index in [4.69, 9.17) is 11.5 Å². The van der Waals surface area contributed by atoms with Crippen LogP contribution >= 0.6 is 0 Å². The summed E-state index contributed by atoms with van der Waals surface area (Å²) in [6.07, 6.45) is 4.43. The van der Waals surface area contributed by atoms with Gasteiger partial charge in [-0.2, -0.15) is 0 Å². The lowest BCUT2D eigenvalue weighted by Crippen LogP contribution is -2.40. The Morgan fingerprint density at radius 3 is 2.50 bits per heavy atom. The van der Waals surface area contributed by atoms with E-state index in [2.05, 4.69) is 15.0 Å². The molecule has 0 amide bonds. The fourth-order valence-electron chi connectivity index (χ4n) is 2.50. The fourth-order valence-corrected chi connectivity index (χ4v) is 2.50. The normalized spacial score (nSPS) is 20.8. The van der Waals surface area contributed by atoms with E-state index in [1.54, 1.807) is 6.07 Å². The van der Waals surface area contributed by atoms with Gasteiger partial charge >= 0.3 is 0 Å². The van der Waals surface area contributed by atoms with Crippen LogP contribution in [-0.2, 0) is 12.0 Å². The highest BCUT2D eigenvalue weighted by Crippen LogP contribution is 2.29. The van der Waals surface area contributed by atoms with Gasteiger partial charge in [-0.15, -0.1) is 0 Å². The third-order valence-corrected chi connectivity index (χ3v) is 3.45. The zero-order valence-electron chi connectivity index (χ0n) is 11.6. The molecule has 102 valence electrons. The topological polar surface area (TPSA) is 90.7 Å². The van der Waals surface area contributed by atoms with Crippen LogP contribution in [0.3, 0.4) is 0 Å². The van der Waals surface area contributed by atoms with Crippen molar-refractivity contribution in [3.8, 4) is 0 Å². The molecule has 2 aromatic rings. The predicted molar refractivity (Wildman–Crippen MR) is 78.8 cm³/mol. The first-order valence-corrected chi connectivity index (χ1v) is 6.52. The molecule has 5 heteroatoms. The van der Waals surface area contributed by atoms with Crippen molar-refractivity contribution in [2.45, 2.75) is 25.8 Å². The summed E-state index contributed by atoms with van der Waals surface area (Å²) in [6.45, 7) is 3.90. The van der Waals surface area contributed by atoms with Crippen molar-refractivity contribution < 1.29 is 0 Å². The number of pyridine rings is 1. The molecule has 0 saturated carbocycles. The number of aromatic nitrogens is 3. The third-order valence-electron chi connectivity index (χ3n) is 3.45. The molecule has 3 rings (SSSR count). The van der Waals surface area contributed by atoms with Crippen molar-refractivity contribution in [3.63, 3.8) is 0 Å². The minimum atomic E-state index is -0.693. The molecular formula is C15H17N5. The van der Waals surface area contributed by atoms with Gasteiger partial charge < -0.3 is 11.5 Å². The molecule has 0 saturated heterocycles. The summed E-state index contributed by atoms with van der Waals surface area (Å²) in [5.74, 6) is 1.16. The Kier molecular flexibility index (Phi) is 2.79. The lowest BCUT2D eigenvalue weighted by Gasteiger charge is -2.28. The molecule has 1 aliphatic rings. The summed E-state index contributed by atoms with van der Waals surface area (Å²) < 4.78 is 0. The minimum absolute atomic E-state index is 0.514. The molecule has 0 bridgehead atoms. The Hall–Kier alpha value is -2.27. The molecule has 0 aromatic carbocycles. The van der Waals surface area contributed by atoms with E-state index in [9.17, 15) is 0 Å². The molecule has 0 spiro atoms. The highest BCUT2D eigenvalue weighted by atomic mass is 15.0. The van der Waals surface area contributed by atoms with Crippen LogP contribution in [0.5, 0.6) is 0 Å². The molecule has 4 N–H and O–H groups in total. The van der Waals surface area contributed by atoms with Gasteiger partial charge in [0.05, 0.1) is 11.2 Å². The zero-order valence-corrected chi connectivity index (χ0v) is 11.6. The van der Waals surface area contributed by atoms with E-state index in [1.807, 2.05) is 38.1 Å². The number of nitrogens with two attached hydrogens (primary N) is 2. The van der Waals surface area contributed by atoms with Crippen molar-refractivity contribution in [3.05, 3.63) is 52.7 Å². The average molecular weight is 267 g/mol. The molecule has 0 fully saturated rings. The van der Waals surface area contributed by atoms with E-state index < -0.39 is 5.54 Å². The first-order valence-electron chi connectivity index (χ1n) is 6.52. The zero-order chi connectivity index (χ0) is 14.3. The van der Waals surface area contributed by atoms with E-state index in [0.717, 1.165) is 22.6 Å². The first kappa shape index (κ1) is 12.7. The SMILES string of the molecule is Cc1cc(C)nc(C2(N)C=Cc3nc(N)ccc3C2)n1. The summed E-state index contributed by atoms with van der Waals surface area (Å²) in [5, 5.41) is 0. The molecule has 2 aromatic heterocycles. The van der Waals surface area contributed by atoms with Crippen molar-refractivity contribution in [1.29, 1.82) is 0 Å². The lowest BCUT2D eigenvalue weighted by molar-refractivity contribution is 0.511. The molecule has 2 heterocycles. The summed E-state index contributed by atoms with van der Waals surface area (Å²) in [6, 6.07) is 5.70. The van der Waals surface area contributed by atoms with Gasteiger partial charge in [-0.05, 0) is 37.6 Å². The molecule has 0 aliphatic heterocycles. The maximum absolute atomic E-state index is 6.50. The van der Waals surface area contributed by atoms with Gasteiger partial charge in [-0.25, -0.2) is 15.0 Å². The van der Waals surface area contributed by atoms with E-state index in [0.29, 0.717) is 18.1 Å². The van der Waals surface area contributed by atoms with Gasteiger partial charge in [0, 0.05) is 17.8 Å². The van der Waals surface area contributed by atoms with Gasteiger partial charge in [0.15, 0.2) is 5.82 Å². The number of hydrogen-bond donors (Lipinski definition) is 2. The standard InChI is InChI=1S/C15H17N5/c1-9-7-10(2)19-14(18-9)15(17)6-5-12-11(8-15)3-4-13(16)20-12/h3-7H,8,17H2,1-2H3,(H2,16,20). The average Bonchev–Trinajstić information content (AvgIpc) is 2.38. The summed E-state index contributed by atoms with van der Waals surface area (Å²) >= 11 is 0. The van der Waals surface area contributed by atoms with E-state index in [-0.39, 0.29) is 0 Å². The van der Waals surface area contributed by atoms with Crippen molar-refractivity contribution in [2.24, 2.45) is 5.73 Å². The maximum atomic E-state index is 6.50. The molecule has 1 aliphatic carbocycles. The summed E-state index contributed by atoms with van der Waals surface area (Å²) in [5.41, 5.74) is 15.3. The van der Waals surface area contributed by atoms with Crippen LogP contribution < -0.4 is 11.5 Å². The number of nitrogens with zero attached hydrogens (tertiary/aromatic N) is 3. The predicted octanol–water partition coefficient (Wildman–Crippen LogP) is 1.49. The minimum Gasteiger partial charge on any atom is -0.384 e. The first-order chi connectivity index (χ1) is 9.46. The molecular weight excluding hydrogens is 250 g/mol. The largest absolute Gasteiger partial charge is 0.384 e. The second-order valence-electron chi connectivity index (χ2n) is 5.31. The molecule has 1 unspecified atom stereocenters. The molecule has 0 radical (unpaired) electrons. The second kappa shape index (κ2) is 4.38. The van der Waals surface area contributed by atoms with Crippen LogP contribution in [0.25, 0.3) is 6.08 Å². The van der Waals surface area contributed by atoms with Crippen molar-refractivity contribution in [2.75, 3.05) is 5.73 Å². The smallest absolute Gasteiger partial charge is 0.152 e. The van der Waals surface area contributed by atoms with Gasteiger partial charge in [0.2, 0.25) is 0 Å². The Bertz CT molecular complexity index is 687. The fraction of sp³-hybridized carbons (Fsp3) is 0.267. The van der Waals surface area contributed by atoms with Crippen LogP contribution in [0.1, 0.15) is 28.5 Å².